The van der Waals surface area contributed by atoms with Gasteiger partial charge in [0.1, 0.15) is 18.1 Å². The minimum absolute atomic E-state index is 0.213. The number of anilines is 1. The number of ether oxygens (including phenoxy) is 2. The third kappa shape index (κ3) is 4.88. The highest BCUT2D eigenvalue weighted by molar-refractivity contribution is 7.99. The Balaban J connectivity index is 1.79. The molecule has 0 spiro atoms. The molecule has 0 saturated carbocycles. The zero-order valence-electron chi connectivity index (χ0n) is 11.9. The van der Waals surface area contributed by atoms with E-state index in [4.69, 9.17) is 15.2 Å². The summed E-state index contributed by atoms with van der Waals surface area (Å²) in [5.41, 5.74) is 6.35. The van der Waals surface area contributed by atoms with Gasteiger partial charge in [-0.2, -0.15) is 0 Å². The fourth-order valence-electron chi connectivity index (χ4n) is 1.73. The minimum atomic E-state index is -0.569. The molecule has 0 heterocycles. The zero-order valence-corrected chi connectivity index (χ0v) is 12.7. The molecule has 112 valence electrons. The van der Waals surface area contributed by atoms with Crippen LogP contribution >= 0.6 is 11.8 Å². The number of thioether (sulfide) groups is 1. The van der Waals surface area contributed by atoms with Gasteiger partial charge in [-0.15, -0.1) is 11.8 Å². The predicted molar refractivity (Wildman–Crippen MR) is 86.1 cm³/mol. The second-order valence-corrected chi connectivity index (χ2v) is 5.59. The highest BCUT2D eigenvalue weighted by atomic mass is 32.2. The van der Waals surface area contributed by atoms with Gasteiger partial charge in [0.25, 0.3) is 0 Å². The van der Waals surface area contributed by atoms with Crippen LogP contribution in [0.25, 0.3) is 0 Å². The molecule has 0 aromatic heterocycles. The zero-order chi connectivity index (χ0) is 15.1. The lowest BCUT2D eigenvalue weighted by atomic mass is 10.3. The summed E-state index contributed by atoms with van der Waals surface area (Å²) >= 11 is 1.56. The number of rotatable bonds is 7. The van der Waals surface area contributed by atoms with Gasteiger partial charge in [-0.05, 0) is 30.3 Å². The van der Waals surface area contributed by atoms with Gasteiger partial charge in [-0.25, -0.2) is 0 Å². The smallest absolute Gasteiger partial charge is 0.142 e. The van der Waals surface area contributed by atoms with E-state index in [2.05, 4.69) is 0 Å². The quantitative estimate of drug-likeness (QED) is 0.608. The molecule has 2 aromatic rings. The van der Waals surface area contributed by atoms with Gasteiger partial charge in [0.05, 0.1) is 18.9 Å². The molecule has 5 heteroatoms. The first kappa shape index (κ1) is 15.5. The van der Waals surface area contributed by atoms with Crippen molar-refractivity contribution in [1.29, 1.82) is 0 Å². The number of benzene rings is 2. The molecule has 4 nitrogen and oxygen atoms in total. The molecule has 1 atom stereocenters. The number of aliphatic hydroxyl groups is 1. The molecule has 2 aromatic carbocycles. The number of hydrogen-bond acceptors (Lipinski definition) is 5. The van der Waals surface area contributed by atoms with Crippen LogP contribution in [0.1, 0.15) is 0 Å². The topological polar surface area (TPSA) is 64.7 Å². The Kier molecular flexibility index (Phi) is 5.78. The van der Waals surface area contributed by atoms with Crippen LogP contribution in [-0.2, 0) is 0 Å². The van der Waals surface area contributed by atoms with Crippen LogP contribution in [0.15, 0.2) is 53.4 Å². The molecule has 0 aliphatic carbocycles. The summed E-state index contributed by atoms with van der Waals surface area (Å²) in [5, 5.41) is 9.97. The number of hydrogen-bond donors (Lipinski definition) is 2. The first-order chi connectivity index (χ1) is 10.2. The Labute approximate surface area is 128 Å². The maximum absolute atomic E-state index is 9.97. The van der Waals surface area contributed by atoms with Crippen LogP contribution in [0.2, 0.25) is 0 Å². The molecule has 0 bridgehead atoms. The number of methoxy groups -OCH3 is 1. The van der Waals surface area contributed by atoms with E-state index in [1.807, 2.05) is 36.4 Å². The molecular formula is C16H19NO3S. The van der Waals surface area contributed by atoms with E-state index in [-0.39, 0.29) is 6.61 Å². The van der Waals surface area contributed by atoms with Crippen LogP contribution in [0.3, 0.4) is 0 Å². The van der Waals surface area contributed by atoms with Crippen LogP contribution in [-0.4, -0.2) is 30.7 Å². The van der Waals surface area contributed by atoms with Crippen molar-refractivity contribution in [3.05, 3.63) is 48.5 Å². The molecule has 2 rings (SSSR count). The van der Waals surface area contributed by atoms with Crippen molar-refractivity contribution in [2.45, 2.75) is 11.0 Å². The maximum Gasteiger partial charge on any atom is 0.142 e. The lowest BCUT2D eigenvalue weighted by molar-refractivity contribution is 0.127. The Bertz CT molecular complexity index is 577. The monoisotopic (exact) mass is 305 g/mol. The molecule has 3 N–H and O–H groups in total. The lowest BCUT2D eigenvalue weighted by Gasteiger charge is -2.13. The van der Waals surface area contributed by atoms with Crippen molar-refractivity contribution < 1.29 is 14.6 Å². The van der Waals surface area contributed by atoms with E-state index >= 15 is 0 Å². The van der Waals surface area contributed by atoms with E-state index < -0.39 is 6.10 Å². The van der Waals surface area contributed by atoms with E-state index in [0.717, 1.165) is 10.6 Å². The number of para-hydroxylation sites is 2. The predicted octanol–water partition coefficient (Wildman–Crippen LogP) is 2.81. The number of nitrogen functional groups attached to an aromatic ring is 1. The van der Waals surface area contributed by atoms with Crippen LogP contribution in [0.4, 0.5) is 5.69 Å². The summed E-state index contributed by atoms with van der Waals surface area (Å²) in [7, 11) is 1.64. The highest BCUT2D eigenvalue weighted by Crippen LogP contribution is 2.24. The average molecular weight is 305 g/mol. The Hall–Kier alpha value is -1.85. The second-order valence-electron chi connectivity index (χ2n) is 4.49. The molecule has 0 saturated heterocycles. The summed E-state index contributed by atoms with van der Waals surface area (Å²) in [4.78, 5) is 1.05. The van der Waals surface area contributed by atoms with E-state index in [0.29, 0.717) is 17.2 Å². The first-order valence-corrected chi connectivity index (χ1v) is 7.60. The van der Waals surface area contributed by atoms with Gasteiger partial charge in [0, 0.05) is 10.6 Å². The van der Waals surface area contributed by atoms with E-state index in [9.17, 15) is 5.11 Å². The Morgan fingerprint density at radius 2 is 2.00 bits per heavy atom. The van der Waals surface area contributed by atoms with Gasteiger partial charge in [-0.1, -0.05) is 18.2 Å². The summed E-state index contributed by atoms with van der Waals surface area (Å²) in [6.07, 6.45) is -0.569. The van der Waals surface area contributed by atoms with E-state index in [1.165, 1.54) is 0 Å². The first-order valence-electron chi connectivity index (χ1n) is 6.61. The Morgan fingerprint density at radius 1 is 1.19 bits per heavy atom. The summed E-state index contributed by atoms with van der Waals surface area (Å²) in [5.74, 6) is 1.95. The van der Waals surface area contributed by atoms with Crippen LogP contribution < -0.4 is 15.2 Å². The standard InChI is InChI=1S/C16H19NO3S/c1-19-13-5-4-6-14(9-13)21-11-12(18)10-20-16-8-3-2-7-15(16)17/h2-9,12,18H,10-11,17H2,1H3. The van der Waals surface area contributed by atoms with Crippen molar-refractivity contribution >= 4 is 17.4 Å². The molecule has 21 heavy (non-hydrogen) atoms. The van der Waals surface area contributed by atoms with Gasteiger partial charge in [-0.3, -0.25) is 0 Å². The molecular weight excluding hydrogens is 286 g/mol. The molecule has 0 radical (unpaired) electrons. The van der Waals surface area contributed by atoms with Crippen LogP contribution in [0, 0.1) is 0 Å². The highest BCUT2D eigenvalue weighted by Gasteiger charge is 2.08. The third-order valence-electron chi connectivity index (χ3n) is 2.83. The van der Waals surface area contributed by atoms with Crippen molar-refractivity contribution in [3.63, 3.8) is 0 Å². The molecule has 0 fully saturated rings. The number of aliphatic hydroxyl groups excluding tert-OH is 1. The normalized spacial score (nSPS) is 11.9. The summed E-state index contributed by atoms with van der Waals surface area (Å²) < 4.78 is 10.7. The van der Waals surface area contributed by atoms with Crippen LogP contribution in [0.5, 0.6) is 11.5 Å². The molecule has 0 amide bonds. The van der Waals surface area contributed by atoms with Crippen molar-refractivity contribution in [2.75, 3.05) is 25.2 Å². The second kappa shape index (κ2) is 7.81. The lowest BCUT2D eigenvalue weighted by Crippen LogP contribution is -2.20. The minimum Gasteiger partial charge on any atom is -0.497 e. The maximum atomic E-state index is 9.97. The molecule has 1 unspecified atom stereocenters. The fourth-order valence-corrected chi connectivity index (χ4v) is 2.58. The van der Waals surface area contributed by atoms with Gasteiger partial charge < -0.3 is 20.3 Å². The fraction of sp³-hybridized carbons (Fsp3) is 0.250. The molecule has 0 aliphatic heterocycles. The van der Waals surface area contributed by atoms with Crippen molar-refractivity contribution in [1.82, 2.24) is 0 Å². The Morgan fingerprint density at radius 3 is 2.76 bits per heavy atom. The number of nitrogens with two attached hydrogens (primary N) is 1. The van der Waals surface area contributed by atoms with E-state index in [1.54, 1.807) is 31.0 Å². The van der Waals surface area contributed by atoms with Gasteiger partial charge >= 0.3 is 0 Å². The average Bonchev–Trinajstić information content (AvgIpc) is 2.52. The third-order valence-corrected chi connectivity index (χ3v) is 3.97. The SMILES string of the molecule is COc1cccc(SCC(O)COc2ccccc2N)c1. The van der Waals surface area contributed by atoms with Gasteiger partial charge in [0.15, 0.2) is 0 Å². The van der Waals surface area contributed by atoms with Crippen molar-refractivity contribution in [3.8, 4) is 11.5 Å². The summed E-state index contributed by atoms with van der Waals surface area (Å²) in [6.45, 7) is 0.213. The van der Waals surface area contributed by atoms with Crippen molar-refractivity contribution in [2.24, 2.45) is 0 Å². The largest absolute Gasteiger partial charge is 0.497 e. The summed E-state index contributed by atoms with van der Waals surface area (Å²) in [6, 6.07) is 15.0. The van der Waals surface area contributed by atoms with Gasteiger partial charge in [0.2, 0.25) is 0 Å². The molecule has 0 aliphatic rings.